The third kappa shape index (κ3) is 5.31. The van der Waals surface area contributed by atoms with Crippen molar-refractivity contribution in [2.24, 2.45) is 5.92 Å². The molecule has 1 unspecified atom stereocenters. The van der Waals surface area contributed by atoms with Gasteiger partial charge in [0.05, 0.1) is 23.9 Å². The Bertz CT molecular complexity index is 1130. The lowest BCUT2D eigenvalue weighted by Gasteiger charge is -2.26. The maximum absolute atomic E-state index is 12.9. The molecule has 0 bridgehead atoms. The molecule has 1 aliphatic carbocycles. The molecule has 5 rings (SSSR count). The third-order valence-corrected chi connectivity index (χ3v) is 8.96. The Morgan fingerprint density at radius 1 is 1.09 bits per heavy atom. The number of morpholine rings is 1. The van der Waals surface area contributed by atoms with Crippen LogP contribution in [-0.2, 0) is 14.6 Å². The average molecular weight is 468 g/mol. The first kappa shape index (κ1) is 22.6. The van der Waals surface area contributed by atoms with Crippen molar-refractivity contribution in [1.82, 2.24) is 14.9 Å². The molecule has 1 saturated carbocycles. The molecule has 176 valence electrons. The van der Waals surface area contributed by atoms with Crippen LogP contribution in [0.5, 0.6) is 0 Å². The summed E-state index contributed by atoms with van der Waals surface area (Å²) in [7, 11) is -3.31. The molecule has 1 atom stereocenters. The molecule has 3 heterocycles. The summed E-state index contributed by atoms with van der Waals surface area (Å²) in [4.78, 5) is 10.6. The molecule has 1 N–H and O–H groups in total. The topological polar surface area (TPSA) is 75.3 Å². The normalized spacial score (nSPS) is 19.3. The van der Waals surface area contributed by atoms with Gasteiger partial charge in [0, 0.05) is 42.8 Å². The zero-order chi connectivity index (χ0) is 22.7. The van der Waals surface area contributed by atoms with Gasteiger partial charge in [0.2, 0.25) is 0 Å². The van der Waals surface area contributed by atoms with E-state index < -0.39 is 9.84 Å². The molecule has 33 heavy (non-hydrogen) atoms. The number of nitrogens with one attached hydrogen (secondary N) is 1. The summed E-state index contributed by atoms with van der Waals surface area (Å²) >= 11 is 0. The highest BCUT2D eigenvalue weighted by molar-refractivity contribution is 7.91. The quantitative estimate of drug-likeness (QED) is 0.532. The molecular weight excluding hydrogens is 434 g/mol. The molecule has 0 spiro atoms. The van der Waals surface area contributed by atoms with Crippen LogP contribution in [-0.4, -0.2) is 61.9 Å². The third-order valence-electron chi connectivity index (χ3n) is 7.25. The Morgan fingerprint density at radius 3 is 2.58 bits per heavy atom. The molecule has 3 aromatic rings. The minimum atomic E-state index is -3.31. The molecule has 2 aliphatic rings. The number of pyridine rings is 1. The first-order valence-corrected chi connectivity index (χ1v) is 13.8. The number of fused-ring (bicyclic) bond motifs is 1. The SMILES string of the molecule is O=S(=O)(CCN1CCOCC1)c1ccc(C(CC2CCCC2)c2cc3cccnc3[nH]2)cc1. The van der Waals surface area contributed by atoms with Gasteiger partial charge in [0.25, 0.3) is 0 Å². The highest BCUT2D eigenvalue weighted by Gasteiger charge is 2.25. The van der Waals surface area contributed by atoms with Crippen LogP contribution in [0, 0.1) is 5.92 Å². The van der Waals surface area contributed by atoms with E-state index in [4.69, 9.17) is 4.74 Å². The number of hydrogen-bond acceptors (Lipinski definition) is 5. The molecule has 1 saturated heterocycles. The van der Waals surface area contributed by atoms with E-state index in [1.807, 2.05) is 24.4 Å². The van der Waals surface area contributed by atoms with Gasteiger partial charge in [-0.05, 0) is 48.2 Å². The van der Waals surface area contributed by atoms with Crippen molar-refractivity contribution in [2.75, 3.05) is 38.6 Å². The Labute approximate surface area is 196 Å². The standard InChI is InChI=1S/C26H33N3O3S/c30-33(31,17-14-29-12-15-32-16-13-29)23-9-7-21(8-10-23)24(18-20-4-1-2-5-20)25-19-22-6-3-11-27-26(22)28-25/h3,6-11,19-20,24H,1-2,4-5,12-18H2,(H,27,28). The van der Waals surface area contributed by atoms with Crippen molar-refractivity contribution in [1.29, 1.82) is 0 Å². The van der Waals surface area contributed by atoms with E-state index >= 15 is 0 Å². The van der Waals surface area contributed by atoms with Crippen molar-refractivity contribution in [2.45, 2.75) is 42.9 Å². The number of benzene rings is 1. The van der Waals surface area contributed by atoms with Crippen LogP contribution in [0.3, 0.4) is 0 Å². The van der Waals surface area contributed by atoms with Crippen LogP contribution in [0.4, 0.5) is 0 Å². The van der Waals surface area contributed by atoms with Crippen LogP contribution < -0.4 is 0 Å². The van der Waals surface area contributed by atoms with Gasteiger partial charge in [-0.1, -0.05) is 37.8 Å². The zero-order valence-electron chi connectivity index (χ0n) is 19.1. The van der Waals surface area contributed by atoms with E-state index in [0.717, 1.165) is 30.5 Å². The fourth-order valence-electron chi connectivity index (χ4n) is 5.29. The second-order valence-corrected chi connectivity index (χ2v) is 11.6. The molecule has 7 heteroatoms. The maximum atomic E-state index is 12.9. The van der Waals surface area contributed by atoms with E-state index in [0.29, 0.717) is 30.6 Å². The number of hydrogen-bond donors (Lipinski definition) is 1. The summed E-state index contributed by atoms with van der Waals surface area (Å²) in [6, 6.07) is 13.9. The predicted molar refractivity (Wildman–Crippen MR) is 130 cm³/mol. The van der Waals surface area contributed by atoms with Crippen molar-refractivity contribution >= 4 is 20.9 Å². The highest BCUT2D eigenvalue weighted by atomic mass is 32.2. The Kier molecular flexibility index (Phi) is 6.81. The fraction of sp³-hybridized carbons (Fsp3) is 0.500. The summed E-state index contributed by atoms with van der Waals surface area (Å²) in [5, 5.41) is 1.12. The van der Waals surface area contributed by atoms with E-state index in [-0.39, 0.29) is 11.7 Å². The van der Waals surface area contributed by atoms with Crippen LogP contribution >= 0.6 is 0 Å². The van der Waals surface area contributed by atoms with Crippen molar-refractivity contribution in [3.8, 4) is 0 Å². The summed E-state index contributed by atoms with van der Waals surface area (Å²) in [5.41, 5.74) is 3.24. The Morgan fingerprint density at radius 2 is 1.85 bits per heavy atom. The molecule has 0 radical (unpaired) electrons. The summed E-state index contributed by atoms with van der Waals surface area (Å²) in [6.45, 7) is 3.52. The van der Waals surface area contributed by atoms with Gasteiger partial charge < -0.3 is 9.72 Å². The second kappa shape index (κ2) is 9.95. The van der Waals surface area contributed by atoms with Crippen molar-refractivity contribution < 1.29 is 13.2 Å². The first-order valence-electron chi connectivity index (χ1n) is 12.1. The Hall–Kier alpha value is -2.22. The number of H-pyrrole nitrogens is 1. The summed E-state index contributed by atoms with van der Waals surface area (Å²) in [6.07, 6.45) is 8.07. The van der Waals surface area contributed by atoms with E-state index in [1.54, 1.807) is 12.1 Å². The largest absolute Gasteiger partial charge is 0.379 e. The van der Waals surface area contributed by atoms with Gasteiger partial charge in [-0.15, -0.1) is 0 Å². The number of sulfone groups is 1. The fourth-order valence-corrected chi connectivity index (χ4v) is 6.57. The second-order valence-electron chi connectivity index (χ2n) is 9.45. The number of nitrogens with zero attached hydrogens (tertiary/aromatic N) is 2. The zero-order valence-corrected chi connectivity index (χ0v) is 19.9. The van der Waals surface area contributed by atoms with Gasteiger partial charge in [-0.25, -0.2) is 13.4 Å². The summed E-state index contributed by atoms with van der Waals surface area (Å²) in [5.74, 6) is 1.07. The lowest BCUT2D eigenvalue weighted by atomic mass is 9.86. The van der Waals surface area contributed by atoms with Crippen molar-refractivity contribution in [3.63, 3.8) is 0 Å². The predicted octanol–water partition coefficient (Wildman–Crippen LogP) is 4.38. The minimum absolute atomic E-state index is 0.144. The lowest BCUT2D eigenvalue weighted by Crippen LogP contribution is -2.39. The van der Waals surface area contributed by atoms with Gasteiger partial charge in [0.1, 0.15) is 5.65 Å². The smallest absolute Gasteiger partial charge is 0.179 e. The lowest BCUT2D eigenvalue weighted by molar-refractivity contribution is 0.0408. The van der Waals surface area contributed by atoms with E-state index in [9.17, 15) is 8.42 Å². The van der Waals surface area contributed by atoms with Crippen LogP contribution in [0.1, 0.15) is 49.3 Å². The summed E-state index contributed by atoms with van der Waals surface area (Å²) < 4.78 is 31.3. The highest BCUT2D eigenvalue weighted by Crippen LogP contribution is 2.38. The Balaban J connectivity index is 1.36. The van der Waals surface area contributed by atoms with Crippen LogP contribution in [0.25, 0.3) is 11.0 Å². The first-order chi connectivity index (χ1) is 16.1. The molecule has 2 fully saturated rings. The molecular formula is C26H33N3O3S. The van der Waals surface area contributed by atoms with Crippen molar-refractivity contribution in [3.05, 3.63) is 59.9 Å². The van der Waals surface area contributed by atoms with Crippen LogP contribution in [0.2, 0.25) is 0 Å². The minimum Gasteiger partial charge on any atom is -0.379 e. The molecule has 0 amide bonds. The maximum Gasteiger partial charge on any atom is 0.179 e. The number of aromatic nitrogens is 2. The number of aromatic amines is 1. The molecule has 6 nitrogen and oxygen atoms in total. The van der Waals surface area contributed by atoms with E-state index in [2.05, 4.69) is 27.0 Å². The number of rotatable bonds is 8. The molecule has 1 aliphatic heterocycles. The van der Waals surface area contributed by atoms with Gasteiger partial charge >= 0.3 is 0 Å². The van der Waals surface area contributed by atoms with Gasteiger partial charge in [0.15, 0.2) is 9.84 Å². The van der Waals surface area contributed by atoms with E-state index in [1.165, 1.54) is 36.9 Å². The molecule has 1 aromatic carbocycles. The average Bonchev–Trinajstić information content (AvgIpc) is 3.52. The molecule has 2 aromatic heterocycles. The monoisotopic (exact) mass is 467 g/mol. The van der Waals surface area contributed by atoms with Gasteiger partial charge in [-0.2, -0.15) is 0 Å². The van der Waals surface area contributed by atoms with Gasteiger partial charge in [-0.3, -0.25) is 4.90 Å². The number of ether oxygens (including phenoxy) is 1. The van der Waals surface area contributed by atoms with Crippen LogP contribution in [0.15, 0.2) is 53.6 Å².